The molecule has 2 aromatic heterocycles. The van der Waals surface area contributed by atoms with E-state index in [0.29, 0.717) is 6.07 Å². The molecule has 0 amide bonds. The summed E-state index contributed by atoms with van der Waals surface area (Å²) in [5.74, 6) is -2.36. The molecule has 10 heteroatoms. The van der Waals surface area contributed by atoms with Gasteiger partial charge in [0.2, 0.25) is 0 Å². The van der Waals surface area contributed by atoms with Crippen molar-refractivity contribution < 1.29 is 26.7 Å². The van der Waals surface area contributed by atoms with Crippen molar-refractivity contribution in [3.05, 3.63) is 54.4 Å². The molecule has 0 unspecified atom stereocenters. The maximum atomic E-state index is 13.7. The first kappa shape index (κ1) is 16.7. The second-order valence-corrected chi connectivity index (χ2v) is 4.95. The summed E-state index contributed by atoms with van der Waals surface area (Å²) >= 11 is 0. The van der Waals surface area contributed by atoms with E-state index in [4.69, 9.17) is 5.73 Å². The molecule has 0 aliphatic heterocycles. The Balaban J connectivity index is 2.11. The van der Waals surface area contributed by atoms with Crippen LogP contribution < -0.4 is 10.5 Å². The van der Waals surface area contributed by atoms with Gasteiger partial charge in [-0.25, -0.2) is 13.5 Å². The zero-order chi connectivity index (χ0) is 18.2. The van der Waals surface area contributed by atoms with Crippen molar-refractivity contribution in [1.29, 1.82) is 0 Å². The molecule has 0 bridgehead atoms. The summed E-state index contributed by atoms with van der Waals surface area (Å²) in [6.07, 6.45) is -2.74. The van der Waals surface area contributed by atoms with E-state index in [2.05, 4.69) is 14.8 Å². The number of alkyl halides is 3. The minimum absolute atomic E-state index is 0.00168. The normalized spacial score (nSPS) is 11.6. The van der Waals surface area contributed by atoms with Gasteiger partial charge in [0.25, 0.3) is 0 Å². The van der Waals surface area contributed by atoms with Crippen LogP contribution in [0.2, 0.25) is 0 Å². The highest BCUT2D eigenvalue weighted by atomic mass is 19.4. The zero-order valence-corrected chi connectivity index (χ0v) is 12.3. The molecule has 0 fully saturated rings. The summed E-state index contributed by atoms with van der Waals surface area (Å²) in [5, 5.41) is 3.93. The van der Waals surface area contributed by atoms with Crippen molar-refractivity contribution >= 4 is 5.82 Å². The number of aromatic nitrogens is 3. The molecule has 130 valence electrons. The van der Waals surface area contributed by atoms with Crippen LogP contribution in [0.5, 0.6) is 5.75 Å². The lowest BCUT2D eigenvalue weighted by Gasteiger charge is -2.11. The van der Waals surface area contributed by atoms with Crippen molar-refractivity contribution in [1.82, 2.24) is 14.8 Å². The van der Waals surface area contributed by atoms with E-state index in [1.807, 2.05) is 0 Å². The van der Waals surface area contributed by atoms with Crippen LogP contribution in [0.15, 0.2) is 42.7 Å². The number of nitrogens with two attached hydrogens (primary N) is 1. The highest BCUT2D eigenvalue weighted by molar-refractivity contribution is 5.66. The molecule has 5 nitrogen and oxygen atoms in total. The smallest absolute Gasteiger partial charge is 0.406 e. The largest absolute Gasteiger partial charge is 0.573 e. The fraction of sp³-hybridized carbons (Fsp3) is 0.0667. The van der Waals surface area contributed by atoms with Crippen LogP contribution in [0, 0.1) is 11.6 Å². The summed E-state index contributed by atoms with van der Waals surface area (Å²) in [6, 6.07) is 4.93. The third-order valence-electron chi connectivity index (χ3n) is 3.06. The number of hydrogen-bond donors (Lipinski definition) is 1. The standard InChI is InChI=1S/C15H9F5N4O/c16-9-1-8(2-12(4-9)25-15(18,19)20)13-5-14(21)23-24(13)11-3-10(17)6-22-7-11/h1-7H,(H2,21,23). The van der Waals surface area contributed by atoms with Crippen LogP contribution in [0.25, 0.3) is 16.9 Å². The Hall–Kier alpha value is -3.17. The molecular weight excluding hydrogens is 347 g/mol. The molecule has 0 spiro atoms. The van der Waals surface area contributed by atoms with Crippen molar-refractivity contribution in [2.45, 2.75) is 6.36 Å². The van der Waals surface area contributed by atoms with Gasteiger partial charge in [-0.05, 0) is 12.1 Å². The lowest BCUT2D eigenvalue weighted by Crippen LogP contribution is -2.17. The van der Waals surface area contributed by atoms with Gasteiger partial charge >= 0.3 is 6.36 Å². The second kappa shape index (κ2) is 6.04. The van der Waals surface area contributed by atoms with E-state index >= 15 is 0 Å². The van der Waals surface area contributed by atoms with Crippen LogP contribution >= 0.6 is 0 Å². The Morgan fingerprint density at radius 3 is 2.40 bits per heavy atom. The molecule has 0 aliphatic carbocycles. The highest BCUT2D eigenvalue weighted by Crippen LogP contribution is 2.31. The third kappa shape index (κ3) is 3.84. The monoisotopic (exact) mass is 356 g/mol. The lowest BCUT2D eigenvalue weighted by atomic mass is 10.1. The summed E-state index contributed by atoms with van der Waals surface area (Å²) in [4.78, 5) is 3.66. The van der Waals surface area contributed by atoms with Gasteiger partial charge in [0, 0.05) is 23.8 Å². The van der Waals surface area contributed by atoms with Gasteiger partial charge in [-0.1, -0.05) is 0 Å². The number of benzene rings is 1. The second-order valence-electron chi connectivity index (χ2n) is 4.95. The van der Waals surface area contributed by atoms with Crippen LogP contribution in [0.4, 0.5) is 27.8 Å². The van der Waals surface area contributed by atoms with E-state index in [1.54, 1.807) is 0 Å². The van der Waals surface area contributed by atoms with E-state index in [9.17, 15) is 22.0 Å². The van der Waals surface area contributed by atoms with E-state index < -0.39 is 23.7 Å². The van der Waals surface area contributed by atoms with Gasteiger partial charge in [0.1, 0.15) is 23.2 Å². The first-order chi connectivity index (χ1) is 11.7. The van der Waals surface area contributed by atoms with E-state index in [0.717, 1.165) is 29.1 Å². The minimum Gasteiger partial charge on any atom is -0.406 e. The fourth-order valence-corrected chi connectivity index (χ4v) is 2.22. The molecule has 2 N–H and O–H groups in total. The molecule has 0 radical (unpaired) electrons. The minimum atomic E-state index is -4.98. The SMILES string of the molecule is Nc1cc(-c2cc(F)cc(OC(F)(F)F)c2)n(-c2cncc(F)c2)n1. The number of nitrogen functional groups attached to an aromatic ring is 1. The van der Waals surface area contributed by atoms with Crippen molar-refractivity contribution in [3.63, 3.8) is 0 Å². The molecule has 3 aromatic rings. The number of pyridine rings is 1. The topological polar surface area (TPSA) is 66.0 Å². The van der Waals surface area contributed by atoms with E-state index in [-0.39, 0.29) is 22.8 Å². The first-order valence-corrected chi connectivity index (χ1v) is 6.74. The molecule has 3 rings (SSSR count). The predicted molar refractivity (Wildman–Crippen MR) is 77.8 cm³/mol. The van der Waals surface area contributed by atoms with Gasteiger partial charge < -0.3 is 10.5 Å². The van der Waals surface area contributed by atoms with Crippen molar-refractivity contribution in [3.8, 4) is 22.7 Å². The van der Waals surface area contributed by atoms with Crippen molar-refractivity contribution in [2.24, 2.45) is 0 Å². The van der Waals surface area contributed by atoms with Gasteiger partial charge in [0.15, 0.2) is 0 Å². The molecule has 0 saturated carbocycles. The Morgan fingerprint density at radius 2 is 1.72 bits per heavy atom. The summed E-state index contributed by atoms with van der Waals surface area (Å²) in [7, 11) is 0. The van der Waals surface area contributed by atoms with Gasteiger partial charge in [-0.2, -0.15) is 5.10 Å². The average Bonchev–Trinajstić information content (AvgIpc) is 2.87. The number of hydrogen-bond acceptors (Lipinski definition) is 4. The maximum Gasteiger partial charge on any atom is 0.573 e. The Morgan fingerprint density at radius 1 is 0.960 bits per heavy atom. The summed E-state index contributed by atoms with van der Waals surface area (Å²) in [5.41, 5.74) is 5.92. The molecule has 0 atom stereocenters. The molecule has 25 heavy (non-hydrogen) atoms. The summed E-state index contributed by atoms with van der Waals surface area (Å²) in [6.45, 7) is 0. The molecule has 0 aliphatic rings. The predicted octanol–water partition coefficient (Wildman–Crippen LogP) is 3.69. The molecule has 1 aromatic carbocycles. The van der Waals surface area contributed by atoms with Gasteiger partial charge in [0.05, 0.1) is 23.8 Å². The van der Waals surface area contributed by atoms with Crippen LogP contribution in [0.3, 0.4) is 0 Å². The number of rotatable bonds is 3. The average molecular weight is 356 g/mol. The molecule has 0 saturated heterocycles. The zero-order valence-electron chi connectivity index (χ0n) is 12.3. The Kier molecular flexibility index (Phi) is 4.03. The fourth-order valence-electron chi connectivity index (χ4n) is 2.22. The number of halogens is 5. The first-order valence-electron chi connectivity index (χ1n) is 6.74. The van der Waals surface area contributed by atoms with Crippen LogP contribution in [-0.2, 0) is 0 Å². The van der Waals surface area contributed by atoms with Crippen molar-refractivity contribution in [2.75, 3.05) is 5.73 Å². The van der Waals surface area contributed by atoms with Crippen LogP contribution in [0.1, 0.15) is 0 Å². The maximum absolute atomic E-state index is 13.7. The lowest BCUT2D eigenvalue weighted by molar-refractivity contribution is -0.274. The summed E-state index contributed by atoms with van der Waals surface area (Å²) < 4.78 is 69.1. The molecular formula is C15H9F5N4O. The number of anilines is 1. The molecule has 2 heterocycles. The van der Waals surface area contributed by atoms with Gasteiger partial charge in [-0.15, -0.1) is 13.2 Å². The quantitative estimate of drug-likeness (QED) is 0.727. The third-order valence-corrected chi connectivity index (χ3v) is 3.06. The Labute approximate surface area is 137 Å². The highest BCUT2D eigenvalue weighted by Gasteiger charge is 2.31. The Bertz CT molecular complexity index is 923. The van der Waals surface area contributed by atoms with E-state index in [1.165, 1.54) is 12.3 Å². The van der Waals surface area contributed by atoms with Gasteiger partial charge in [-0.3, -0.25) is 4.98 Å². The number of nitrogens with zero attached hydrogens (tertiary/aromatic N) is 3. The number of ether oxygens (including phenoxy) is 1. The van der Waals surface area contributed by atoms with Crippen LogP contribution in [-0.4, -0.2) is 21.1 Å².